The molecule has 0 unspecified atom stereocenters. The van der Waals surface area contributed by atoms with Crippen LogP contribution >= 0.6 is 0 Å². The molecule has 0 fully saturated rings. The summed E-state index contributed by atoms with van der Waals surface area (Å²) in [5.74, 6) is 0.879. The number of ether oxygens (including phenoxy) is 1. The molecule has 0 aliphatic rings. The normalized spacial score (nSPS) is 10.8. The minimum absolute atomic E-state index is 0.223. The van der Waals surface area contributed by atoms with Crippen molar-refractivity contribution < 1.29 is 13.9 Å². The summed E-state index contributed by atoms with van der Waals surface area (Å²) < 4.78 is 11.7. The standard InChI is InChI=1S/C27H21N3O3/c1-18-22(27-30-25-24(33-27)14-7-15-28-25)12-6-13-23(18)29-26(31)20-10-5-11-21(16-20)32-17-19-8-3-2-4-9-19/h2-16H,17H2,1H3,(H,29,31). The molecule has 0 radical (unpaired) electrons. The van der Waals surface area contributed by atoms with Gasteiger partial charge < -0.3 is 14.5 Å². The molecule has 3 aromatic carbocycles. The van der Waals surface area contributed by atoms with E-state index in [1.54, 1.807) is 24.4 Å². The number of aromatic nitrogens is 2. The van der Waals surface area contributed by atoms with Gasteiger partial charge in [0.15, 0.2) is 11.2 Å². The number of nitrogens with zero attached hydrogens (tertiary/aromatic N) is 2. The number of anilines is 1. The molecule has 1 N–H and O–H groups in total. The lowest BCUT2D eigenvalue weighted by molar-refractivity contribution is 0.102. The summed E-state index contributed by atoms with van der Waals surface area (Å²) in [6, 6.07) is 26.3. The van der Waals surface area contributed by atoms with Gasteiger partial charge in [0, 0.05) is 23.0 Å². The van der Waals surface area contributed by atoms with Crippen molar-refractivity contribution in [2.75, 3.05) is 5.32 Å². The zero-order chi connectivity index (χ0) is 22.6. The highest BCUT2D eigenvalue weighted by Gasteiger charge is 2.15. The van der Waals surface area contributed by atoms with Crippen LogP contribution in [-0.2, 0) is 6.61 Å². The average Bonchev–Trinajstić information content (AvgIpc) is 3.29. The fourth-order valence-corrected chi connectivity index (χ4v) is 3.55. The molecular weight excluding hydrogens is 414 g/mol. The van der Waals surface area contributed by atoms with Crippen molar-refractivity contribution in [3.8, 4) is 17.2 Å². The topological polar surface area (TPSA) is 77.2 Å². The summed E-state index contributed by atoms with van der Waals surface area (Å²) in [5, 5.41) is 2.99. The number of nitrogens with one attached hydrogen (secondary N) is 1. The minimum atomic E-state index is -0.223. The Kier molecular flexibility index (Phi) is 5.55. The Labute approximate surface area is 190 Å². The van der Waals surface area contributed by atoms with Gasteiger partial charge in [-0.05, 0) is 60.5 Å². The van der Waals surface area contributed by atoms with Crippen LogP contribution in [-0.4, -0.2) is 15.9 Å². The molecule has 33 heavy (non-hydrogen) atoms. The second kappa shape index (κ2) is 8.96. The smallest absolute Gasteiger partial charge is 0.255 e. The van der Waals surface area contributed by atoms with Gasteiger partial charge in [0.25, 0.3) is 5.91 Å². The van der Waals surface area contributed by atoms with E-state index in [9.17, 15) is 4.79 Å². The molecular formula is C27H21N3O3. The fourth-order valence-electron chi connectivity index (χ4n) is 3.55. The van der Waals surface area contributed by atoms with Gasteiger partial charge in [-0.25, -0.2) is 4.98 Å². The third kappa shape index (κ3) is 4.45. The maximum atomic E-state index is 13.0. The van der Waals surface area contributed by atoms with E-state index in [2.05, 4.69) is 15.3 Å². The number of fused-ring (bicyclic) bond motifs is 1. The van der Waals surface area contributed by atoms with Gasteiger partial charge in [0.05, 0.1) is 0 Å². The van der Waals surface area contributed by atoms with Crippen molar-refractivity contribution in [2.45, 2.75) is 13.5 Å². The van der Waals surface area contributed by atoms with Gasteiger partial charge in [-0.15, -0.1) is 0 Å². The van der Waals surface area contributed by atoms with Crippen molar-refractivity contribution in [1.29, 1.82) is 0 Å². The molecule has 0 saturated carbocycles. The lowest BCUT2D eigenvalue weighted by Crippen LogP contribution is -2.13. The fraction of sp³-hybridized carbons (Fsp3) is 0.0741. The van der Waals surface area contributed by atoms with Gasteiger partial charge in [0.2, 0.25) is 5.89 Å². The number of oxazole rings is 1. The Balaban J connectivity index is 1.34. The SMILES string of the molecule is Cc1c(NC(=O)c2cccc(OCc3ccccc3)c2)cccc1-c1nc2ncccc2o1. The van der Waals surface area contributed by atoms with Crippen molar-refractivity contribution in [1.82, 2.24) is 9.97 Å². The van der Waals surface area contributed by atoms with E-state index in [1.807, 2.05) is 73.7 Å². The van der Waals surface area contributed by atoms with Crippen LogP contribution < -0.4 is 10.1 Å². The summed E-state index contributed by atoms with van der Waals surface area (Å²) in [5.41, 5.74) is 5.08. The van der Waals surface area contributed by atoms with Gasteiger partial charge in [-0.2, -0.15) is 4.98 Å². The van der Waals surface area contributed by atoms with Crippen molar-refractivity contribution in [3.63, 3.8) is 0 Å². The van der Waals surface area contributed by atoms with E-state index in [0.29, 0.717) is 40.7 Å². The lowest BCUT2D eigenvalue weighted by atomic mass is 10.1. The number of hydrogen-bond acceptors (Lipinski definition) is 5. The predicted octanol–water partition coefficient (Wildman–Crippen LogP) is 6.03. The first-order valence-corrected chi connectivity index (χ1v) is 10.6. The second-order valence-electron chi connectivity index (χ2n) is 7.58. The van der Waals surface area contributed by atoms with E-state index in [4.69, 9.17) is 9.15 Å². The Morgan fingerprint density at radius 1 is 0.970 bits per heavy atom. The Hall–Kier alpha value is -4.45. The maximum absolute atomic E-state index is 13.0. The minimum Gasteiger partial charge on any atom is -0.489 e. The van der Waals surface area contributed by atoms with E-state index in [-0.39, 0.29) is 5.91 Å². The van der Waals surface area contributed by atoms with Crippen LogP contribution in [0.3, 0.4) is 0 Å². The van der Waals surface area contributed by atoms with E-state index in [1.165, 1.54) is 0 Å². The predicted molar refractivity (Wildman–Crippen MR) is 127 cm³/mol. The maximum Gasteiger partial charge on any atom is 0.255 e. The highest BCUT2D eigenvalue weighted by Crippen LogP contribution is 2.30. The van der Waals surface area contributed by atoms with Crippen LogP contribution in [0.5, 0.6) is 5.75 Å². The number of pyridine rings is 1. The molecule has 0 bridgehead atoms. The van der Waals surface area contributed by atoms with Crippen molar-refractivity contribution in [3.05, 3.63) is 108 Å². The Bertz CT molecular complexity index is 1390. The van der Waals surface area contributed by atoms with Gasteiger partial charge in [-0.1, -0.05) is 42.5 Å². The molecule has 0 aliphatic heterocycles. The zero-order valence-electron chi connectivity index (χ0n) is 18.0. The number of amides is 1. The highest BCUT2D eigenvalue weighted by molar-refractivity contribution is 6.05. The number of hydrogen-bond donors (Lipinski definition) is 1. The molecule has 0 aliphatic carbocycles. The number of benzene rings is 3. The Morgan fingerprint density at radius 2 is 1.82 bits per heavy atom. The third-order valence-corrected chi connectivity index (χ3v) is 5.32. The largest absolute Gasteiger partial charge is 0.489 e. The van der Waals surface area contributed by atoms with Crippen LogP contribution in [0.4, 0.5) is 5.69 Å². The van der Waals surface area contributed by atoms with Gasteiger partial charge in [-0.3, -0.25) is 4.79 Å². The zero-order valence-corrected chi connectivity index (χ0v) is 18.0. The van der Waals surface area contributed by atoms with E-state index >= 15 is 0 Å². The number of carbonyl (C=O) groups excluding carboxylic acids is 1. The van der Waals surface area contributed by atoms with Gasteiger partial charge in [0.1, 0.15) is 12.4 Å². The summed E-state index contributed by atoms with van der Waals surface area (Å²) in [6.45, 7) is 2.36. The summed E-state index contributed by atoms with van der Waals surface area (Å²) >= 11 is 0. The summed E-state index contributed by atoms with van der Waals surface area (Å²) in [7, 11) is 0. The number of rotatable bonds is 6. The molecule has 1 amide bonds. The number of carbonyl (C=O) groups is 1. The molecule has 2 heterocycles. The molecule has 162 valence electrons. The summed E-state index contributed by atoms with van der Waals surface area (Å²) in [4.78, 5) is 21.7. The Morgan fingerprint density at radius 3 is 2.67 bits per heavy atom. The molecule has 6 nitrogen and oxygen atoms in total. The molecule has 6 heteroatoms. The van der Waals surface area contributed by atoms with Crippen LogP contribution in [0.25, 0.3) is 22.7 Å². The van der Waals surface area contributed by atoms with E-state index < -0.39 is 0 Å². The first-order chi connectivity index (χ1) is 16.2. The molecule has 0 saturated heterocycles. The first-order valence-electron chi connectivity index (χ1n) is 10.6. The molecule has 0 atom stereocenters. The summed E-state index contributed by atoms with van der Waals surface area (Å²) in [6.07, 6.45) is 1.68. The van der Waals surface area contributed by atoms with Crippen LogP contribution in [0.1, 0.15) is 21.5 Å². The van der Waals surface area contributed by atoms with Crippen LogP contribution in [0.15, 0.2) is 95.5 Å². The average molecular weight is 435 g/mol. The van der Waals surface area contributed by atoms with E-state index in [0.717, 1.165) is 16.7 Å². The van der Waals surface area contributed by atoms with Crippen LogP contribution in [0.2, 0.25) is 0 Å². The molecule has 0 spiro atoms. The third-order valence-electron chi connectivity index (χ3n) is 5.32. The second-order valence-corrected chi connectivity index (χ2v) is 7.58. The molecule has 5 aromatic rings. The van der Waals surface area contributed by atoms with Crippen molar-refractivity contribution in [2.24, 2.45) is 0 Å². The monoisotopic (exact) mass is 435 g/mol. The molecule has 2 aromatic heterocycles. The molecule has 5 rings (SSSR count). The van der Waals surface area contributed by atoms with Crippen LogP contribution in [0, 0.1) is 6.92 Å². The quantitative estimate of drug-likeness (QED) is 0.352. The first kappa shape index (κ1) is 20.5. The lowest BCUT2D eigenvalue weighted by Gasteiger charge is -2.12. The van der Waals surface area contributed by atoms with Gasteiger partial charge >= 0.3 is 0 Å². The highest BCUT2D eigenvalue weighted by atomic mass is 16.5. The van der Waals surface area contributed by atoms with Crippen molar-refractivity contribution >= 4 is 22.8 Å².